The van der Waals surface area contributed by atoms with Crippen molar-refractivity contribution in [1.82, 2.24) is 0 Å². The molecule has 1 saturated heterocycles. The quantitative estimate of drug-likeness (QED) is 0.666. The van der Waals surface area contributed by atoms with Crippen molar-refractivity contribution in [2.24, 2.45) is 0 Å². The molecule has 2 rings (SSSR count). The Kier molecular flexibility index (Phi) is 4.33. The minimum atomic E-state index is -0.928. The smallest absolute Gasteiger partial charge is 0.327 e. The second kappa shape index (κ2) is 6.00. The first-order valence-electron chi connectivity index (χ1n) is 5.93. The lowest BCUT2D eigenvalue weighted by molar-refractivity contribution is -0.384. The van der Waals surface area contributed by atoms with E-state index in [-0.39, 0.29) is 5.69 Å². The Hall–Kier alpha value is -1.96. The molecule has 1 N–H and O–H groups in total. The number of benzene rings is 1. The zero-order valence-corrected chi connectivity index (χ0v) is 11.6. The van der Waals surface area contributed by atoms with Crippen LogP contribution in [0.4, 0.5) is 11.4 Å². The van der Waals surface area contributed by atoms with E-state index in [9.17, 15) is 20.0 Å². The van der Waals surface area contributed by atoms with Crippen LogP contribution in [-0.2, 0) is 4.79 Å². The number of methoxy groups -OCH3 is 1. The normalized spacial score (nSPS) is 18.6. The molecule has 0 aromatic heterocycles. The highest BCUT2D eigenvalue weighted by Gasteiger charge is 2.30. The minimum Gasteiger partial charge on any atom is -0.496 e. The maximum atomic E-state index is 11.3. The predicted octanol–water partition coefficient (Wildman–Crippen LogP) is 1.61. The number of nitro groups is 1. The lowest BCUT2D eigenvalue weighted by Gasteiger charge is -2.34. The number of ether oxygens (including phenoxy) is 1. The highest BCUT2D eigenvalue weighted by molar-refractivity contribution is 7.99. The summed E-state index contributed by atoms with van der Waals surface area (Å²) in [5.74, 6) is 0.661. The van der Waals surface area contributed by atoms with Crippen LogP contribution >= 0.6 is 11.8 Å². The van der Waals surface area contributed by atoms with E-state index in [1.54, 1.807) is 22.7 Å². The first kappa shape index (κ1) is 14.4. The molecule has 1 heterocycles. The molecule has 20 heavy (non-hydrogen) atoms. The summed E-state index contributed by atoms with van der Waals surface area (Å²) in [6.07, 6.45) is 0. The van der Waals surface area contributed by atoms with Crippen molar-refractivity contribution in [3.63, 3.8) is 0 Å². The monoisotopic (exact) mass is 298 g/mol. The first-order chi connectivity index (χ1) is 9.52. The molecular weight excluding hydrogens is 284 g/mol. The fraction of sp³-hybridized carbons (Fsp3) is 0.417. The third-order valence-electron chi connectivity index (χ3n) is 3.07. The lowest BCUT2D eigenvalue weighted by atomic mass is 10.2. The number of anilines is 1. The van der Waals surface area contributed by atoms with Gasteiger partial charge in [0.15, 0.2) is 0 Å². The fourth-order valence-corrected chi connectivity index (χ4v) is 3.11. The molecule has 0 spiro atoms. The first-order valence-corrected chi connectivity index (χ1v) is 7.09. The van der Waals surface area contributed by atoms with Gasteiger partial charge < -0.3 is 14.7 Å². The molecule has 0 aliphatic carbocycles. The summed E-state index contributed by atoms with van der Waals surface area (Å²) in [6.45, 7) is 0.534. The number of aliphatic carboxylic acids is 1. The molecule has 1 aromatic rings. The highest BCUT2D eigenvalue weighted by atomic mass is 32.2. The van der Waals surface area contributed by atoms with Crippen LogP contribution in [0.3, 0.4) is 0 Å². The fourth-order valence-electron chi connectivity index (χ4n) is 2.07. The van der Waals surface area contributed by atoms with Gasteiger partial charge in [-0.25, -0.2) is 4.79 Å². The number of carbonyl (C=O) groups is 1. The molecule has 1 aliphatic rings. The number of hydrogen-bond donors (Lipinski definition) is 1. The molecule has 0 radical (unpaired) electrons. The summed E-state index contributed by atoms with van der Waals surface area (Å²) < 4.78 is 5.05. The lowest BCUT2D eigenvalue weighted by Crippen LogP contribution is -2.47. The van der Waals surface area contributed by atoms with Gasteiger partial charge in [-0.15, -0.1) is 0 Å². The predicted molar refractivity (Wildman–Crippen MR) is 75.7 cm³/mol. The van der Waals surface area contributed by atoms with Gasteiger partial charge in [0.1, 0.15) is 11.8 Å². The molecule has 0 bridgehead atoms. The Morgan fingerprint density at radius 3 is 2.90 bits per heavy atom. The van der Waals surface area contributed by atoms with Gasteiger partial charge in [0, 0.05) is 35.9 Å². The molecular formula is C12H14N2O5S. The zero-order chi connectivity index (χ0) is 14.7. The number of nitro benzene ring substituents is 1. The van der Waals surface area contributed by atoms with Gasteiger partial charge in [-0.2, -0.15) is 11.8 Å². The maximum absolute atomic E-state index is 11.3. The van der Waals surface area contributed by atoms with E-state index in [0.717, 1.165) is 5.75 Å². The standard InChI is InChI=1S/C12H14N2O5S/c1-19-10-5-8(4-9(6-10)14(17)18)13-2-3-20-7-11(13)12(15)16/h4-6,11H,2-3,7H2,1H3,(H,15,16). The summed E-state index contributed by atoms with van der Waals surface area (Å²) in [7, 11) is 1.42. The Labute approximate surface area is 119 Å². The van der Waals surface area contributed by atoms with Crippen molar-refractivity contribution >= 4 is 29.1 Å². The second-order valence-electron chi connectivity index (χ2n) is 4.27. The number of carboxylic acid groups (broad SMARTS) is 1. The van der Waals surface area contributed by atoms with Crippen LogP contribution in [0, 0.1) is 10.1 Å². The Morgan fingerprint density at radius 1 is 1.55 bits per heavy atom. The van der Waals surface area contributed by atoms with E-state index in [1.807, 2.05) is 0 Å². The van der Waals surface area contributed by atoms with E-state index in [2.05, 4.69) is 0 Å². The Bertz CT molecular complexity index is 537. The third kappa shape index (κ3) is 2.96. The van der Waals surface area contributed by atoms with Crippen LogP contribution in [0.5, 0.6) is 5.75 Å². The average Bonchev–Trinajstić information content (AvgIpc) is 2.46. The molecule has 1 unspecified atom stereocenters. The summed E-state index contributed by atoms with van der Waals surface area (Å²) in [5, 5.41) is 20.2. The van der Waals surface area contributed by atoms with Crippen LogP contribution in [-0.4, -0.2) is 47.2 Å². The Balaban J connectivity index is 2.41. The summed E-state index contributed by atoms with van der Waals surface area (Å²) in [5.41, 5.74) is 0.394. The molecule has 0 amide bonds. The molecule has 0 saturated carbocycles. The highest BCUT2D eigenvalue weighted by Crippen LogP contribution is 2.31. The van der Waals surface area contributed by atoms with Gasteiger partial charge in [-0.3, -0.25) is 10.1 Å². The topological polar surface area (TPSA) is 92.9 Å². The van der Waals surface area contributed by atoms with Gasteiger partial charge in [0.2, 0.25) is 0 Å². The zero-order valence-electron chi connectivity index (χ0n) is 10.8. The van der Waals surface area contributed by atoms with E-state index < -0.39 is 16.9 Å². The molecule has 1 aromatic carbocycles. The average molecular weight is 298 g/mol. The molecule has 8 heteroatoms. The van der Waals surface area contributed by atoms with Crippen molar-refractivity contribution in [1.29, 1.82) is 0 Å². The number of thioether (sulfide) groups is 1. The summed E-state index contributed by atoms with van der Waals surface area (Å²) in [6, 6.07) is 3.64. The summed E-state index contributed by atoms with van der Waals surface area (Å²) >= 11 is 1.56. The van der Waals surface area contributed by atoms with E-state index in [4.69, 9.17) is 4.74 Å². The van der Waals surface area contributed by atoms with E-state index >= 15 is 0 Å². The number of non-ortho nitro benzene ring substituents is 1. The Morgan fingerprint density at radius 2 is 2.30 bits per heavy atom. The number of hydrogen-bond acceptors (Lipinski definition) is 6. The number of carboxylic acids is 1. The second-order valence-corrected chi connectivity index (χ2v) is 5.42. The largest absolute Gasteiger partial charge is 0.496 e. The van der Waals surface area contributed by atoms with Gasteiger partial charge in [-0.05, 0) is 0 Å². The minimum absolute atomic E-state index is 0.110. The van der Waals surface area contributed by atoms with Crippen molar-refractivity contribution in [3.05, 3.63) is 28.3 Å². The SMILES string of the molecule is COc1cc(N2CCSCC2C(=O)O)cc([N+](=O)[O-])c1. The molecule has 108 valence electrons. The van der Waals surface area contributed by atoms with Crippen LogP contribution < -0.4 is 9.64 Å². The van der Waals surface area contributed by atoms with Crippen molar-refractivity contribution < 1.29 is 19.6 Å². The van der Waals surface area contributed by atoms with E-state index in [1.165, 1.54) is 19.2 Å². The van der Waals surface area contributed by atoms with Gasteiger partial charge >= 0.3 is 5.97 Å². The van der Waals surface area contributed by atoms with Crippen molar-refractivity contribution in [2.45, 2.75) is 6.04 Å². The van der Waals surface area contributed by atoms with Gasteiger partial charge in [-0.1, -0.05) is 0 Å². The number of nitrogens with zero attached hydrogens (tertiary/aromatic N) is 2. The van der Waals surface area contributed by atoms with Gasteiger partial charge in [0.05, 0.1) is 18.1 Å². The third-order valence-corrected chi connectivity index (χ3v) is 4.09. The number of rotatable bonds is 4. The molecule has 1 fully saturated rings. The molecule has 1 aliphatic heterocycles. The van der Waals surface area contributed by atoms with Crippen LogP contribution in [0.2, 0.25) is 0 Å². The van der Waals surface area contributed by atoms with Crippen molar-refractivity contribution in [2.75, 3.05) is 30.1 Å². The van der Waals surface area contributed by atoms with Crippen LogP contribution in [0.25, 0.3) is 0 Å². The van der Waals surface area contributed by atoms with Gasteiger partial charge in [0.25, 0.3) is 5.69 Å². The maximum Gasteiger partial charge on any atom is 0.327 e. The molecule has 7 nitrogen and oxygen atoms in total. The molecule has 1 atom stereocenters. The van der Waals surface area contributed by atoms with E-state index in [0.29, 0.717) is 23.7 Å². The van der Waals surface area contributed by atoms with Crippen LogP contribution in [0.1, 0.15) is 0 Å². The van der Waals surface area contributed by atoms with Crippen molar-refractivity contribution in [3.8, 4) is 5.75 Å². The van der Waals surface area contributed by atoms with Crippen LogP contribution in [0.15, 0.2) is 18.2 Å². The summed E-state index contributed by atoms with van der Waals surface area (Å²) in [4.78, 5) is 23.4.